The van der Waals surface area contributed by atoms with E-state index in [4.69, 9.17) is 18.9 Å². The second kappa shape index (κ2) is 25.8. The molecule has 0 saturated carbocycles. The normalized spacial score (nSPS) is 11.3. The maximum atomic E-state index is 5.64. The molecule has 0 amide bonds. The zero-order valence-electron chi connectivity index (χ0n) is 18.2. The molecule has 0 spiro atoms. The lowest BCUT2D eigenvalue weighted by atomic mass is 10.3. The molecule has 0 heterocycles. The summed E-state index contributed by atoms with van der Waals surface area (Å²) in [4.78, 5) is 0. The lowest BCUT2D eigenvalue weighted by Gasteiger charge is -2.06. The molecule has 5 nitrogen and oxygen atoms in total. The molecule has 0 bridgehead atoms. The molecule has 163 valence electrons. The van der Waals surface area contributed by atoms with E-state index in [-0.39, 0.29) is 0 Å². The largest absolute Gasteiger partial charge is 0.381 e. The molecular weight excluding hydrogens is 342 g/mol. The minimum absolute atomic E-state index is 0.860. The third-order valence-corrected chi connectivity index (χ3v) is 4.06. The molecule has 0 rings (SSSR count). The molecule has 5 heteroatoms. The standard InChI is InChI=1S/C22H46NO4/c1-3-15-24-19-9-11-21-26-17-7-5-13-23-14-6-8-18-27-22-12-10-20-25-16-4-2/h3-22H2,1-2H3. The van der Waals surface area contributed by atoms with Gasteiger partial charge in [-0.3, -0.25) is 0 Å². The first-order valence-corrected chi connectivity index (χ1v) is 11.4. The van der Waals surface area contributed by atoms with Crippen molar-refractivity contribution in [3.8, 4) is 0 Å². The third-order valence-electron chi connectivity index (χ3n) is 4.06. The van der Waals surface area contributed by atoms with Crippen LogP contribution in [0.15, 0.2) is 0 Å². The van der Waals surface area contributed by atoms with Gasteiger partial charge in [-0.2, -0.15) is 0 Å². The fourth-order valence-corrected chi connectivity index (χ4v) is 2.48. The second-order valence-corrected chi connectivity index (χ2v) is 6.95. The van der Waals surface area contributed by atoms with Crippen LogP contribution in [-0.2, 0) is 18.9 Å². The van der Waals surface area contributed by atoms with Crippen molar-refractivity contribution in [3.05, 3.63) is 0 Å². The maximum absolute atomic E-state index is 5.64. The number of hydrogen-bond donors (Lipinski definition) is 0. The number of hydrogen-bond acceptors (Lipinski definition) is 4. The predicted octanol–water partition coefficient (Wildman–Crippen LogP) is 4.60. The SMILES string of the molecule is CCCOCCCCOCCCC[N]CCCCOCCCCOCCC. The Morgan fingerprint density at radius 3 is 1.04 bits per heavy atom. The molecule has 27 heavy (non-hydrogen) atoms. The van der Waals surface area contributed by atoms with Gasteiger partial charge in [-0.25, -0.2) is 5.32 Å². The molecule has 0 aliphatic heterocycles. The van der Waals surface area contributed by atoms with Crippen molar-refractivity contribution >= 4 is 0 Å². The Kier molecular flexibility index (Phi) is 25.6. The first-order valence-electron chi connectivity index (χ1n) is 11.4. The van der Waals surface area contributed by atoms with Gasteiger partial charge in [0.1, 0.15) is 0 Å². The highest BCUT2D eigenvalue weighted by Crippen LogP contribution is 1.97. The van der Waals surface area contributed by atoms with E-state index in [1.807, 2.05) is 0 Å². The van der Waals surface area contributed by atoms with Crippen molar-refractivity contribution in [1.29, 1.82) is 0 Å². The third kappa shape index (κ3) is 25.8. The van der Waals surface area contributed by atoms with Crippen LogP contribution in [0.2, 0.25) is 0 Å². The van der Waals surface area contributed by atoms with Gasteiger partial charge in [0.15, 0.2) is 0 Å². The van der Waals surface area contributed by atoms with E-state index in [1.165, 1.54) is 0 Å². The van der Waals surface area contributed by atoms with E-state index in [0.29, 0.717) is 0 Å². The molecule has 0 unspecified atom stereocenters. The van der Waals surface area contributed by atoms with E-state index in [1.54, 1.807) is 0 Å². The quantitative estimate of drug-likeness (QED) is 0.227. The summed E-state index contributed by atoms with van der Waals surface area (Å²) in [5, 5.41) is 4.58. The molecule has 0 N–H and O–H groups in total. The maximum Gasteiger partial charge on any atom is 0.0466 e. The van der Waals surface area contributed by atoms with E-state index in [2.05, 4.69) is 19.2 Å². The number of nitrogens with zero attached hydrogens (tertiary/aromatic N) is 1. The van der Waals surface area contributed by atoms with Crippen LogP contribution in [-0.4, -0.2) is 65.9 Å². The summed E-state index contributed by atoms with van der Waals surface area (Å²) >= 11 is 0. The van der Waals surface area contributed by atoms with Crippen LogP contribution in [0.25, 0.3) is 0 Å². The van der Waals surface area contributed by atoms with Gasteiger partial charge >= 0.3 is 0 Å². The molecule has 0 aromatic carbocycles. The van der Waals surface area contributed by atoms with Crippen LogP contribution in [0, 0.1) is 0 Å². The van der Waals surface area contributed by atoms with Gasteiger partial charge in [0, 0.05) is 65.9 Å². The number of unbranched alkanes of at least 4 members (excludes halogenated alkanes) is 4. The number of ether oxygens (including phenoxy) is 4. The van der Waals surface area contributed by atoms with Gasteiger partial charge in [0.05, 0.1) is 0 Å². The Labute approximate surface area is 168 Å². The topological polar surface area (TPSA) is 51.0 Å². The summed E-state index contributed by atoms with van der Waals surface area (Å²) in [5.41, 5.74) is 0. The van der Waals surface area contributed by atoms with Crippen LogP contribution in [0.3, 0.4) is 0 Å². The average Bonchev–Trinajstić information content (AvgIpc) is 2.68. The minimum Gasteiger partial charge on any atom is -0.381 e. The van der Waals surface area contributed by atoms with Gasteiger partial charge in [-0.05, 0) is 64.2 Å². The first kappa shape index (κ1) is 26.8. The predicted molar refractivity (Wildman–Crippen MR) is 113 cm³/mol. The second-order valence-electron chi connectivity index (χ2n) is 6.95. The van der Waals surface area contributed by atoms with Crippen LogP contribution in [0.5, 0.6) is 0 Å². The van der Waals surface area contributed by atoms with Crippen molar-refractivity contribution < 1.29 is 18.9 Å². The van der Waals surface area contributed by atoms with Gasteiger partial charge in [0.25, 0.3) is 0 Å². The van der Waals surface area contributed by atoms with Crippen LogP contribution >= 0.6 is 0 Å². The summed E-state index contributed by atoms with van der Waals surface area (Å²) < 4.78 is 22.2. The summed E-state index contributed by atoms with van der Waals surface area (Å²) in [6.07, 6.45) is 11.1. The molecule has 0 saturated heterocycles. The molecule has 0 aliphatic carbocycles. The molecule has 0 fully saturated rings. The van der Waals surface area contributed by atoms with Crippen molar-refractivity contribution in [1.82, 2.24) is 5.32 Å². The Morgan fingerprint density at radius 1 is 0.407 bits per heavy atom. The Morgan fingerprint density at radius 2 is 0.704 bits per heavy atom. The number of rotatable bonds is 24. The molecule has 0 aromatic heterocycles. The average molecular weight is 389 g/mol. The zero-order chi connectivity index (χ0) is 19.7. The van der Waals surface area contributed by atoms with E-state index >= 15 is 0 Å². The minimum atomic E-state index is 0.860. The molecule has 0 aliphatic rings. The summed E-state index contributed by atoms with van der Waals surface area (Å²) in [6, 6.07) is 0. The lowest BCUT2D eigenvalue weighted by Crippen LogP contribution is -2.10. The van der Waals surface area contributed by atoms with E-state index in [9.17, 15) is 0 Å². The lowest BCUT2D eigenvalue weighted by molar-refractivity contribution is 0.101. The highest BCUT2D eigenvalue weighted by atomic mass is 16.5. The van der Waals surface area contributed by atoms with Crippen molar-refractivity contribution in [2.24, 2.45) is 0 Å². The van der Waals surface area contributed by atoms with Crippen molar-refractivity contribution in [3.63, 3.8) is 0 Å². The monoisotopic (exact) mass is 388 g/mol. The van der Waals surface area contributed by atoms with E-state index in [0.717, 1.165) is 130 Å². The highest BCUT2D eigenvalue weighted by Gasteiger charge is 1.95. The fraction of sp³-hybridized carbons (Fsp3) is 1.00. The van der Waals surface area contributed by atoms with Crippen LogP contribution < -0.4 is 5.32 Å². The van der Waals surface area contributed by atoms with Crippen LogP contribution in [0.4, 0.5) is 0 Å². The fourth-order valence-electron chi connectivity index (χ4n) is 2.48. The summed E-state index contributed by atoms with van der Waals surface area (Å²) in [6.45, 7) is 13.2. The smallest absolute Gasteiger partial charge is 0.0466 e. The Bertz CT molecular complexity index is 230. The molecular formula is C22H46NO4. The Balaban J connectivity index is 2.95. The molecule has 0 atom stereocenters. The Hall–Kier alpha value is -0.200. The summed E-state index contributed by atoms with van der Waals surface area (Å²) in [5.74, 6) is 0. The zero-order valence-corrected chi connectivity index (χ0v) is 18.2. The molecule has 0 aromatic rings. The molecule has 1 radical (unpaired) electrons. The van der Waals surface area contributed by atoms with Crippen LogP contribution in [0.1, 0.15) is 78.1 Å². The van der Waals surface area contributed by atoms with Gasteiger partial charge in [0.2, 0.25) is 0 Å². The van der Waals surface area contributed by atoms with E-state index < -0.39 is 0 Å². The summed E-state index contributed by atoms with van der Waals surface area (Å²) in [7, 11) is 0. The van der Waals surface area contributed by atoms with Gasteiger partial charge < -0.3 is 18.9 Å². The first-order chi connectivity index (χ1) is 13.4. The highest BCUT2D eigenvalue weighted by molar-refractivity contribution is 4.49. The van der Waals surface area contributed by atoms with Gasteiger partial charge in [-0.15, -0.1) is 0 Å². The van der Waals surface area contributed by atoms with Gasteiger partial charge in [-0.1, -0.05) is 13.8 Å². The van der Waals surface area contributed by atoms with Crippen molar-refractivity contribution in [2.45, 2.75) is 78.1 Å². The van der Waals surface area contributed by atoms with Crippen molar-refractivity contribution in [2.75, 3.05) is 65.9 Å².